The lowest BCUT2D eigenvalue weighted by atomic mass is 9.81. The monoisotopic (exact) mass is 460 g/mol. The predicted molar refractivity (Wildman–Crippen MR) is 129 cm³/mol. The highest BCUT2D eigenvalue weighted by Gasteiger charge is 2.39. The van der Waals surface area contributed by atoms with Crippen LogP contribution >= 0.6 is 0 Å². The van der Waals surface area contributed by atoms with Gasteiger partial charge in [0, 0.05) is 36.8 Å². The molecule has 0 bridgehead atoms. The van der Waals surface area contributed by atoms with E-state index >= 15 is 0 Å². The zero-order chi connectivity index (χ0) is 24.3. The molecule has 2 heterocycles. The first-order valence-corrected chi connectivity index (χ1v) is 12.0. The van der Waals surface area contributed by atoms with Gasteiger partial charge in [-0.05, 0) is 52.7 Å². The van der Waals surface area contributed by atoms with E-state index in [0.29, 0.717) is 6.42 Å². The standard InChI is InChI=1S/C19H35NO4.C6H5N3/c1-18(2)13-15(14-19(3,4)20-18)24-17(23)12-10-8-6-5-7-9-11-16(21)22;1-2-4-6-5(3-1)7-9-8-6/h15,20H,5-14H2,1-4H3,(H,21,22);1-4H,(H,7,8,9). The van der Waals surface area contributed by atoms with Crippen LogP contribution in [0.1, 0.15) is 91.9 Å². The highest BCUT2D eigenvalue weighted by Crippen LogP contribution is 2.30. The molecule has 3 rings (SSSR count). The van der Waals surface area contributed by atoms with Crippen LogP contribution in [-0.4, -0.2) is 49.6 Å². The van der Waals surface area contributed by atoms with E-state index in [2.05, 4.69) is 48.4 Å². The van der Waals surface area contributed by atoms with Gasteiger partial charge in [0.1, 0.15) is 17.1 Å². The minimum atomic E-state index is -0.720. The molecule has 0 spiro atoms. The van der Waals surface area contributed by atoms with E-state index in [1.54, 1.807) is 0 Å². The van der Waals surface area contributed by atoms with Gasteiger partial charge in [-0.2, -0.15) is 15.4 Å². The van der Waals surface area contributed by atoms with Gasteiger partial charge >= 0.3 is 11.9 Å². The molecule has 184 valence electrons. The van der Waals surface area contributed by atoms with Crippen molar-refractivity contribution in [3.8, 4) is 0 Å². The van der Waals surface area contributed by atoms with Gasteiger partial charge in [0.2, 0.25) is 0 Å². The molecular formula is C25H40N4O4. The van der Waals surface area contributed by atoms with Crippen molar-refractivity contribution in [3.63, 3.8) is 0 Å². The highest BCUT2D eigenvalue weighted by molar-refractivity contribution is 5.72. The van der Waals surface area contributed by atoms with Crippen LogP contribution in [0.15, 0.2) is 24.3 Å². The highest BCUT2D eigenvalue weighted by atomic mass is 16.5. The number of nitrogens with zero attached hydrogens (tertiary/aromatic N) is 2. The molecule has 0 radical (unpaired) electrons. The number of benzene rings is 1. The van der Waals surface area contributed by atoms with Crippen molar-refractivity contribution < 1.29 is 19.4 Å². The van der Waals surface area contributed by atoms with E-state index in [0.717, 1.165) is 62.4 Å². The van der Waals surface area contributed by atoms with Gasteiger partial charge < -0.3 is 15.2 Å². The van der Waals surface area contributed by atoms with Crippen molar-refractivity contribution in [3.05, 3.63) is 24.3 Å². The fourth-order valence-electron chi connectivity index (χ4n) is 4.60. The summed E-state index contributed by atoms with van der Waals surface area (Å²) in [5.41, 5.74) is 1.81. The summed E-state index contributed by atoms with van der Waals surface area (Å²) in [6.45, 7) is 8.61. The van der Waals surface area contributed by atoms with Gasteiger partial charge in [0.15, 0.2) is 0 Å². The number of hydrogen-bond acceptors (Lipinski definition) is 6. The normalized spacial score (nSPS) is 17.2. The number of piperidine rings is 1. The number of carboxylic acids is 1. The molecule has 1 aliphatic rings. The molecule has 1 aromatic carbocycles. The number of para-hydroxylation sites is 2. The Kier molecular flexibility index (Phi) is 10.3. The molecule has 1 aliphatic heterocycles. The smallest absolute Gasteiger partial charge is 0.306 e. The Morgan fingerprint density at radius 2 is 1.39 bits per heavy atom. The van der Waals surface area contributed by atoms with Crippen LogP contribution in [0.2, 0.25) is 0 Å². The number of aliphatic carboxylic acids is 1. The number of carbonyl (C=O) groups excluding carboxylic acids is 1. The number of rotatable bonds is 10. The maximum atomic E-state index is 12.0. The first-order chi connectivity index (χ1) is 15.6. The van der Waals surface area contributed by atoms with Crippen LogP contribution in [0.5, 0.6) is 0 Å². The van der Waals surface area contributed by atoms with E-state index < -0.39 is 5.97 Å². The van der Waals surface area contributed by atoms with Crippen molar-refractivity contribution >= 4 is 23.0 Å². The van der Waals surface area contributed by atoms with E-state index in [9.17, 15) is 9.59 Å². The summed E-state index contributed by atoms with van der Waals surface area (Å²) in [6, 6.07) is 7.70. The third-order valence-corrected chi connectivity index (χ3v) is 5.70. The lowest BCUT2D eigenvalue weighted by molar-refractivity contribution is -0.153. The molecule has 8 nitrogen and oxygen atoms in total. The third-order valence-electron chi connectivity index (χ3n) is 5.70. The Morgan fingerprint density at radius 1 is 0.909 bits per heavy atom. The molecule has 0 aliphatic carbocycles. The van der Waals surface area contributed by atoms with E-state index in [4.69, 9.17) is 9.84 Å². The van der Waals surface area contributed by atoms with Gasteiger partial charge in [-0.15, -0.1) is 0 Å². The number of aromatic nitrogens is 3. The van der Waals surface area contributed by atoms with Crippen LogP contribution in [-0.2, 0) is 14.3 Å². The average Bonchev–Trinajstić information content (AvgIpc) is 3.16. The van der Waals surface area contributed by atoms with Crippen LogP contribution in [0.3, 0.4) is 0 Å². The summed E-state index contributed by atoms with van der Waals surface area (Å²) in [4.78, 5) is 22.4. The molecule has 1 fully saturated rings. The van der Waals surface area contributed by atoms with Crippen molar-refractivity contribution in [2.75, 3.05) is 0 Å². The van der Waals surface area contributed by atoms with Gasteiger partial charge in [0.05, 0.1) is 0 Å². The maximum absolute atomic E-state index is 12.0. The van der Waals surface area contributed by atoms with Crippen LogP contribution < -0.4 is 5.32 Å². The number of esters is 1. The number of unbranched alkanes of at least 4 members (excludes halogenated alkanes) is 5. The minimum absolute atomic E-state index is 0.000214. The van der Waals surface area contributed by atoms with Crippen molar-refractivity contribution in [1.82, 2.24) is 20.7 Å². The Bertz CT molecular complexity index is 832. The lowest BCUT2D eigenvalue weighted by Crippen LogP contribution is -2.59. The molecule has 0 saturated carbocycles. The van der Waals surface area contributed by atoms with E-state index in [1.165, 1.54) is 0 Å². The molecule has 33 heavy (non-hydrogen) atoms. The molecule has 0 amide bonds. The van der Waals surface area contributed by atoms with Crippen LogP contribution in [0.25, 0.3) is 11.0 Å². The molecule has 0 unspecified atom stereocenters. The van der Waals surface area contributed by atoms with E-state index in [1.807, 2.05) is 24.3 Å². The first kappa shape index (κ1) is 26.8. The Morgan fingerprint density at radius 3 is 1.91 bits per heavy atom. The number of ether oxygens (including phenoxy) is 1. The summed E-state index contributed by atoms with van der Waals surface area (Å²) >= 11 is 0. The molecule has 2 aromatic rings. The number of aromatic amines is 1. The zero-order valence-corrected chi connectivity index (χ0v) is 20.5. The predicted octanol–water partition coefficient (Wildman–Crippen LogP) is 5.00. The van der Waals surface area contributed by atoms with Crippen LogP contribution in [0.4, 0.5) is 0 Å². The molecule has 1 saturated heterocycles. The van der Waals surface area contributed by atoms with Gasteiger partial charge in [-0.1, -0.05) is 37.8 Å². The molecule has 1 aromatic heterocycles. The van der Waals surface area contributed by atoms with Crippen LogP contribution in [0, 0.1) is 0 Å². The Hall–Kier alpha value is -2.48. The SMILES string of the molecule is CC1(C)CC(OC(=O)CCCCCCCCC(=O)O)CC(C)(C)N1.c1ccc2n[nH]nc2c1. The number of nitrogens with one attached hydrogen (secondary N) is 2. The number of carboxylic acid groups (broad SMARTS) is 1. The Labute approximate surface area is 196 Å². The summed E-state index contributed by atoms with van der Waals surface area (Å²) in [5.74, 6) is -0.804. The second-order valence-electron chi connectivity index (χ2n) is 10.2. The molecule has 8 heteroatoms. The molecular weight excluding hydrogens is 420 g/mol. The number of carbonyl (C=O) groups is 2. The third kappa shape index (κ3) is 10.8. The summed E-state index contributed by atoms with van der Waals surface area (Å²) < 4.78 is 5.69. The van der Waals surface area contributed by atoms with E-state index in [-0.39, 0.29) is 29.6 Å². The van der Waals surface area contributed by atoms with Crippen molar-refractivity contribution in [2.24, 2.45) is 0 Å². The number of hydrogen-bond donors (Lipinski definition) is 3. The summed E-state index contributed by atoms with van der Waals surface area (Å²) in [6.07, 6.45) is 8.11. The number of fused-ring (bicyclic) bond motifs is 1. The number of H-pyrrole nitrogens is 1. The fraction of sp³-hybridized carbons (Fsp3) is 0.680. The lowest BCUT2D eigenvalue weighted by Gasteiger charge is -2.45. The second kappa shape index (κ2) is 12.7. The van der Waals surface area contributed by atoms with Gasteiger partial charge in [0.25, 0.3) is 0 Å². The zero-order valence-electron chi connectivity index (χ0n) is 20.5. The average molecular weight is 461 g/mol. The van der Waals surface area contributed by atoms with Gasteiger partial charge in [-0.3, -0.25) is 9.59 Å². The largest absolute Gasteiger partial charge is 0.481 e. The van der Waals surface area contributed by atoms with Gasteiger partial charge in [-0.25, -0.2) is 0 Å². The topological polar surface area (TPSA) is 117 Å². The molecule has 3 N–H and O–H groups in total. The van der Waals surface area contributed by atoms with Crippen molar-refractivity contribution in [2.45, 2.75) is 109 Å². The Balaban J connectivity index is 0.000000349. The summed E-state index contributed by atoms with van der Waals surface area (Å²) in [5, 5.41) is 22.5. The maximum Gasteiger partial charge on any atom is 0.306 e. The molecule has 0 atom stereocenters. The quantitative estimate of drug-likeness (QED) is 0.337. The van der Waals surface area contributed by atoms with Crippen molar-refractivity contribution in [1.29, 1.82) is 0 Å². The first-order valence-electron chi connectivity index (χ1n) is 12.0. The fourth-order valence-corrected chi connectivity index (χ4v) is 4.60. The minimum Gasteiger partial charge on any atom is -0.481 e. The summed E-state index contributed by atoms with van der Waals surface area (Å²) in [7, 11) is 0. The second-order valence-corrected chi connectivity index (χ2v) is 10.2.